The van der Waals surface area contributed by atoms with Crippen molar-refractivity contribution in [2.24, 2.45) is 5.92 Å². The number of aliphatic hydroxyl groups is 1. The second-order valence-corrected chi connectivity index (χ2v) is 11.8. The zero-order valence-corrected chi connectivity index (χ0v) is 21.9. The normalized spacial score (nSPS) is 33.1. The molecule has 5 aliphatic rings. The van der Waals surface area contributed by atoms with Gasteiger partial charge in [0.25, 0.3) is 0 Å². The fourth-order valence-electron chi connectivity index (χ4n) is 7.90. The van der Waals surface area contributed by atoms with Gasteiger partial charge in [-0.25, -0.2) is 0 Å². The zero-order chi connectivity index (χ0) is 26.2. The lowest BCUT2D eigenvalue weighted by Crippen LogP contribution is -2.78. The van der Waals surface area contributed by atoms with Gasteiger partial charge < -0.3 is 23.9 Å². The van der Waals surface area contributed by atoms with Crippen molar-refractivity contribution >= 4 is 18.0 Å². The van der Waals surface area contributed by atoms with Gasteiger partial charge in [0, 0.05) is 43.8 Å². The van der Waals surface area contributed by atoms with Crippen LogP contribution in [0.5, 0.6) is 11.5 Å². The van der Waals surface area contributed by atoms with Crippen LogP contribution in [-0.4, -0.2) is 70.7 Å². The summed E-state index contributed by atoms with van der Waals surface area (Å²) >= 11 is 0. The van der Waals surface area contributed by atoms with Gasteiger partial charge in [-0.15, -0.1) is 0 Å². The molecule has 2 bridgehead atoms. The van der Waals surface area contributed by atoms with E-state index in [9.17, 15) is 14.7 Å². The molecular weight excluding hydrogens is 484 g/mol. The average Bonchev–Trinajstić information content (AvgIpc) is 3.40. The summed E-state index contributed by atoms with van der Waals surface area (Å²) in [6.45, 7) is 3.30. The summed E-state index contributed by atoms with van der Waals surface area (Å²) in [5.74, 6) is 1.16. The molecule has 5 atom stereocenters. The van der Waals surface area contributed by atoms with E-state index in [-0.39, 0.29) is 18.0 Å². The molecule has 1 amide bonds. The Labute approximate surface area is 222 Å². The van der Waals surface area contributed by atoms with E-state index in [2.05, 4.69) is 4.90 Å². The first-order valence-electron chi connectivity index (χ1n) is 13.8. The van der Waals surface area contributed by atoms with Gasteiger partial charge in [-0.1, -0.05) is 6.07 Å². The van der Waals surface area contributed by atoms with E-state index in [0.717, 1.165) is 48.5 Å². The van der Waals surface area contributed by atoms with E-state index in [1.54, 1.807) is 35.6 Å². The number of ether oxygens (including phenoxy) is 2. The van der Waals surface area contributed by atoms with Crippen molar-refractivity contribution in [2.45, 2.75) is 74.7 Å². The average molecular weight is 519 g/mol. The summed E-state index contributed by atoms with van der Waals surface area (Å²) in [6.07, 6.45) is 11.3. The van der Waals surface area contributed by atoms with E-state index in [0.29, 0.717) is 24.3 Å². The van der Waals surface area contributed by atoms with Gasteiger partial charge in [0.2, 0.25) is 5.91 Å². The molecule has 2 saturated carbocycles. The molecule has 7 rings (SSSR count). The minimum Gasteiger partial charge on any atom is -0.483 e. The lowest BCUT2D eigenvalue weighted by Gasteiger charge is -2.64. The Morgan fingerprint density at radius 2 is 2.08 bits per heavy atom. The predicted molar refractivity (Wildman–Crippen MR) is 139 cm³/mol. The first-order chi connectivity index (χ1) is 18.3. The van der Waals surface area contributed by atoms with Gasteiger partial charge in [0.05, 0.1) is 29.6 Å². The van der Waals surface area contributed by atoms with Crippen LogP contribution in [0.1, 0.15) is 55.7 Å². The molecule has 1 aromatic carbocycles. The number of carbonyl (C=O) groups excluding carboxylic acids is 2. The van der Waals surface area contributed by atoms with Crippen molar-refractivity contribution in [1.82, 2.24) is 9.80 Å². The van der Waals surface area contributed by atoms with Gasteiger partial charge in [-0.2, -0.15) is 0 Å². The summed E-state index contributed by atoms with van der Waals surface area (Å²) in [6, 6.07) is 5.44. The number of rotatable bonds is 6. The Balaban J connectivity index is 1.30. The first kappa shape index (κ1) is 24.0. The lowest BCUT2D eigenvalue weighted by atomic mass is 9.48. The van der Waals surface area contributed by atoms with E-state index < -0.39 is 23.1 Å². The standard InChI is InChI=1S/C30H34N2O6/c1-18(33)37-23-7-6-21-15-24-30(35)11-9-22(31(2)25(34)8-5-20-10-14-36-17-20)28-29(30,26(21)27(23)38-28)12-13-32(24)16-19-3-4-19/h5-8,10,14,17,19,22,24,28,35H,3-4,9,11-13,15-16H2,1-2H3/b8-5+/t22-,24+,28-,29-,30+/m0/s1. The van der Waals surface area contributed by atoms with Crippen LogP contribution in [0.2, 0.25) is 0 Å². The van der Waals surface area contributed by atoms with E-state index in [1.165, 1.54) is 19.8 Å². The molecule has 38 heavy (non-hydrogen) atoms. The van der Waals surface area contributed by atoms with Gasteiger partial charge in [0.15, 0.2) is 11.5 Å². The number of esters is 1. The maximum absolute atomic E-state index is 13.3. The molecule has 3 heterocycles. The second kappa shape index (κ2) is 8.45. The zero-order valence-electron chi connectivity index (χ0n) is 21.9. The van der Waals surface area contributed by atoms with Gasteiger partial charge in [0.1, 0.15) is 6.10 Å². The van der Waals surface area contributed by atoms with Crippen LogP contribution in [0.4, 0.5) is 0 Å². The molecule has 2 aromatic rings. The van der Waals surface area contributed by atoms with Crippen LogP contribution in [-0.2, 0) is 21.4 Å². The Bertz CT molecular complexity index is 1320. The molecule has 8 heteroatoms. The highest BCUT2D eigenvalue weighted by Gasteiger charge is 2.73. The molecule has 1 spiro atoms. The van der Waals surface area contributed by atoms with Crippen LogP contribution < -0.4 is 9.47 Å². The van der Waals surface area contributed by atoms with Gasteiger partial charge in [-0.05, 0) is 74.8 Å². The Morgan fingerprint density at radius 1 is 1.24 bits per heavy atom. The number of hydrogen-bond donors (Lipinski definition) is 1. The van der Waals surface area contributed by atoms with E-state index in [1.807, 2.05) is 19.2 Å². The summed E-state index contributed by atoms with van der Waals surface area (Å²) in [4.78, 5) is 29.5. The number of benzene rings is 1. The molecule has 3 aliphatic carbocycles. The molecule has 1 N–H and O–H groups in total. The Kier molecular flexibility index (Phi) is 5.33. The largest absolute Gasteiger partial charge is 0.483 e. The first-order valence-corrected chi connectivity index (χ1v) is 13.8. The highest BCUT2D eigenvalue weighted by Crippen LogP contribution is 2.66. The van der Waals surface area contributed by atoms with E-state index in [4.69, 9.17) is 13.9 Å². The number of hydrogen-bond acceptors (Lipinski definition) is 7. The van der Waals surface area contributed by atoms with Crippen molar-refractivity contribution in [1.29, 1.82) is 0 Å². The van der Waals surface area contributed by atoms with Crippen molar-refractivity contribution in [3.63, 3.8) is 0 Å². The Hall–Kier alpha value is -3.10. The van der Waals surface area contributed by atoms with Crippen LogP contribution >= 0.6 is 0 Å². The highest BCUT2D eigenvalue weighted by atomic mass is 16.6. The minimum absolute atomic E-state index is 0.00363. The minimum atomic E-state index is -0.981. The third-order valence-electron chi connectivity index (χ3n) is 9.78. The molecule has 200 valence electrons. The van der Waals surface area contributed by atoms with Crippen molar-refractivity contribution in [3.8, 4) is 11.5 Å². The second-order valence-electron chi connectivity index (χ2n) is 11.8. The summed E-state index contributed by atoms with van der Waals surface area (Å²) in [7, 11) is 1.82. The number of furan rings is 1. The monoisotopic (exact) mass is 518 g/mol. The number of carbonyl (C=O) groups is 2. The lowest BCUT2D eigenvalue weighted by molar-refractivity contribution is -0.200. The number of piperidine rings is 1. The molecule has 2 aliphatic heterocycles. The fourth-order valence-corrected chi connectivity index (χ4v) is 7.90. The smallest absolute Gasteiger partial charge is 0.308 e. The molecule has 0 unspecified atom stereocenters. The van der Waals surface area contributed by atoms with Gasteiger partial charge in [-0.3, -0.25) is 14.5 Å². The molecule has 1 aromatic heterocycles. The molecule has 0 radical (unpaired) electrons. The fraction of sp³-hybridized carbons (Fsp3) is 0.533. The van der Waals surface area contributed by atoms with Crippen LogP contribution in [0.3, 0.4) is 0 Å². The van der Waals surface area contributed by atoms with Crippen molar-refractivity contribution < 1.29 is 28.6 Å². The van der Waals surface area contributed by atoms with Crippen molar-refractivity contribution in [3.05, 3.63) is 53.5 Å². The predicted octanol–water partition coefficient (Wildman–Crippen LogP) is 3.31. The highest BCUT2D eigenvalue weighted by molar-refractivity contribution is 5.92. The quantitative estimate of drug-likeness (QED) is 0.356. The number of likely N-dealkylation sites (tertiary alicyclic amines) is 1. The van der Waals surface area contributed by atoms with Crippen LogP contribution in [0.15, 0.2) is 41.2 Å². The van der Waals surface area contributed by atoms with Crippen LogP contribution in [0, 0.1) is 5.92 Å². The summed E-state index contributed by atoms with van der Waals surface area (Å²) in [5.41, 5.74) is 1.32. The topological polar surface area (TPSA) is 92.5 Å². The maximum Gasteiger partial charge on any atom is 0.308 e. The Morgan fingerprint density at radius 3 is 2.82 bits per heavy atom. The van der Waals surface area contributed by atoms with Crippen molar-refractivity contribution in [2.75, 3.05) is 20.1 Å². The number of nitrogens with zero attached hydrogens (tertiary/aromatic N) is 2. The summed E-state index contributed by atoms with van der Waals surface area (Å²) in [5, 5.41) is 12.7. The SMILES string of the molecule is CC(=O)Oc1ccc2c3c1O[C@H]1[C@@H](N(C)C(=O)/C=C/c4ccoc4)CC[C@@]4(O)[C@@H](C2)N(CC2CC2)CC[C@]314. The third kappa shape index (κ3) is 3.35. The maximum atomic E-state index is 13.3. The van der Waals surface area contributed by atoms with Crippen LogP contribution in [0.25, 0.3) is 6.08 Å². The number of amides is 1. The molecule has 8 nitrogen and oxygen atoms in total. The summed E-state index contributed by atoms with van der Waals surface area (Å²) < 4.78 is 17.5. The molecule has 1 saturated heterocycles. The molecular formula is C30H34N2O6. The van der Waals surface area contributed by atoms with Gasteiger partial charge >= 0.3 is 5.97 Å². The molecule has 3 fully saturated rings. The third-order valence-corrected chi connectivity index (χ3v) is 9.78. The van der Waals surface area contributed by atoms with E-state index >= 15 is 0 Å². The number of likely N-dealkylation sites (N-methyl/N-ethyl adjacent to an activating group) is 1.